The zero-order chi connectivity index (χ0) is 18.3. The average Bonchev–Trinajstić information content (AvgIpc) is 3.25. The maximum atomic E-state index is 12.8. The number of aromatic nitrogens is 1. The highest BCUT2D eigenvalue weighted by Crippen LogP contribution is 2.31. The molecular formula is C20H23N3O3. The third kappa shape index (κ3) is 2.89. The first-order valence-electron chi connectivity index (χ1n) is 9.14. The molecule has 2 aliphatic heterocycles. The van der Waals surface area contributed by atoms with Crippen LogP contribution >= 0.6 is 0 Å². The highest BCUT2D eigenvalue weighted by Gasteiger charge is 2.43. The number of nitrogens with one attached hydrogen (secondary N) is 1. The van der Waals surface area contributed by atoms with Crippen LogP contribution in [0, 0.1) is 0 Å². The van der Waals surface area contributed by atoms with Gasteiger partial charge < -0.3 is 14.7 Å². The van der Waals surface area contributed by atoms with Gasteiger partial charge in [-0.1, -0.05) is 37.2 Å². The van der Waals surface area contributed by atoms with Crippen molar-refractivity contribution in [1.29, 1.82) is 0 Å². The van der Waals surface area contributed by atoms with Gasteiger partial charge in [0.25, 0.3) is 11.8 Å². The lowest BCUT2D eigenvalue weighted by Gasteiger charge is -2.28. The van der Waals surface area contributed by atoms with E-state index < -0.39 is 0 Å². The van der Waals surface area contributed by atoms with Crippen LogP contribution in [0.25, 0.3) is 0 Å². The van der Waals surface area contributed by atoms with Crippen LogP contribution in [0.5, 0.6) is 0 Å². The number of rotatable bonds is 2. The minimum atomic E-state index is -0.365. The molecule has 1 spiro atoms. The minimum Gasteiger partial charge on any atom is -0.360 e. The van der Waals surface area contributed by atoms with Crippen molar-refractivity contribution in [2.24, 2.45) is 0 Å². The van der Waals surface area contributed by atoms with Crippen molar-refractivity contribution in [3.63, 3.8) is 0 Å². The summed E-state index contributed by atoms with van der Waals surface area (Å²) in [4.78, 5) is 27.2. The Hall–Kier alpha value is -2.63. The Morgan fingerprint density at radius 1 is 1.31 bits per heavy atom. The number of likely N-dealkylation sites (tertiary alicyclic amines) is 1. The van der Waals surface area contributed by atoms with Crippen LogP contribution in [0.15, 0.2) is 34.9 Å². The molecule has 1 atom stereocenters. The second kappa shape index (κ2) is 6.27. The molecule has 0 bridgehead atoms. The summed E-state index contributed by atoms with van der Waals surface area (Å²) in [5.74, 6) is 0.721. The van der Waals surface area contributed by atoms with Crippen molar-refractivity contribution in [1.82, 2.24) is 15.4 Å². The van der Waals surface area contributed by atoms with Crippen molar-refractivity contribution >= 4 is 11.8 Å². The highest BCUT2D eigenvalue weighted by molar-refractivity contribution is 5.97. The number of hydrogen-bond acceptors (Lipinski definition) is 4. The first kappa shape index (κ1) is 16.8. The number of carbonyl (C=O) groups excluding carboxylic acids is 2. The van der Waals surface area contributed by atoms with Gasteiger partial charge in [0.15, 0.2) is 5.69 Å². The average molecular weight is 353 g/mol. The molecule has 0 saturated carbocycles. The van der Waals surface area contributed by atoms with Crippen LogP contribution < -0.4 is 5.32 Å². The maximum Gasteiger partial charge on any atom is 0.276 e. The van der Waals surface area contributed by atoms with E-state index in [4.69, 9.17) is 4.52 Å². The van der Waals surface area contributed by atoms with Crippen LogP contribution in [0.2, 0.25) is 0 Å². The molecule has 26 heavy (non-hydrogen) atoms. The smallest absolute Gasteiger partial charge is 0.276 e. The van der Waals surface area contributed by atoms with Gasteiger partial charge in [-0.2, -0.15) is 0 Å². The minimum absolute atomic E-state index is 0.0454. The van der Waals surface area contributed by atoms with Crippen LogP contribution in [0.3, 0.4) is 0 Å². The molecule has 2 amide bonds. The van der Waals surface area contributed by atoms with Crippen LogP contribution in [-0.2, 0) is 6.42 Å². The van der Waals surface area contributed by atoms with Gasteiger partial charge in [0.1, 0.15) is 5.76 Å². The maximum absolute atomic E-state index is 12.8. The van der Waals surface area contributed by atoms with Crippen LogP contribution in [-0.4, -0.2) is 40.5 Å². The summed E-state index contributed by atoms with van der Waals surface area (Å²) in [6, 6.07) is 9.45. The Morgan fingerprint density at radius 3 is 2.88 bits per heavy atom. The number of hydrogen-bond donors (Lipinski definition) is 1. The molecule has 3 heterocycles. The van der Waals surface area contributed by atoms with Crippen molar-refractivity contribution in [3.05, 3.63) is 52.9 Å². The first-order valence-corrected chi connectivity index (χ1v) is 9.14. The van der Waals surface area contributed by atoms with Crippen LogP contribution in [0.4, 0.5) is 0 Å². The third-order valence-corrected chi connectivity index (χ3v) is 5.47. The van der Waals surface area contributed by atoms with E-state index in [9.17, 15) is 9.59 Å². The Kier molecular flexibility index (Phi) is 4.05. The van der Waals surface area contributed by atoms with Gasteiger partial charge in [-0.3, -0.25) is 9.59 Å². The van der Waals surface area contributed by atoms with E-state index in [0.717, 1.165) is 30.4 Å². The largest absolute Gasteiger partial charge is 0.360 e. The fourth-order valence-electron chi connectivity index (χ4n) is 3.88. The number of benzene rings is 1. The first-order chi connectivity index (χ1) is 12.5. The number of amides is 2. The van der Waals surface area contributed by atoms with E-state index in [1.165, 1.54) is 0 Å². The molecule has 1 saturated heterocycles. The highest BCUT2D eigenvalue weighted by atomic mass is 16.5. The van der Waals surface area contributed by atoms with Crippen molar-refractivity contribution in [3.8, 4) is 0 Å². The molecule has 0 radical (unpaired) electrons. The normalized spacial score (nSPS) is 22.4. The van der Waals surface area contributed by atoms with Crippen molar-refractivity contribution in [2.75, 3.05) is 13.1 Å². The SMILES string of the molecule is CC(C)c1cc(C(=O)N2CC[C@]3(CCc4ccccc4C(=O)N3)C2)no1. The summed E-state index contributed by atoms with van der Waals surface area (Å²) in [5, 5.41) is 7.12. The monoisotopic (exact) mass is 353 g/mol. The predicted octanol–water partition coefficient (Wildman–Crippen LogP) is 2.76. The molecule has 1 N–H and O–H groups in total. The summed E-state index contributed by atoms with van der Waals surface area (Å²) < 4.78 is 5.26. The van der Waals surface area contributed by atoms with Crippen LogP contribution in [0.1, 0.15) is 64.8 Å². The number of fused-ring (bicyclic) bond motifs is 1. The Balaban J connectivity index is 1.51. The molecule has 2 aromatic rings. The van der Waals surface area contributed by atoms with Gasteiger partial charge in [0.2, 0.25) is 0 Å². The second-order valence-electron chi connectivity index (χ2n) is 7.64. The summed E-state index contributed by atoms with van der Waals surface area (Å²) in [6.07, 6.45) is 2.42. The van der Waals surface area contributed by atoms with Gasteiger partial charge >= 0.3 is 0 Å². The Bertz CT molecular complexity index is 857. The van der Waals surface area contributed by atoms with Gasteiger partial charge in [-0.25, -0.2) is 0 Å². The molecule has 6 nitrogen and oxygen atoms in total. The van der Waals surface area contributed by atoms with Gasteiger partial charge in [0, 0.05) is 30.6 Å². The van der Waals surface area contributed by atoms with Gasteiger partial charge in [-0.05, 0) is 30.9 Å². The molecule has 0 unspecified atom stereocenters. The lowest BCUT2D eigenvalue weighted by Crippen LogP contribution is -2.50. The molecular weight excluding hydrogens is 330 g/mol. The van der Waals surface area contributed by atoms with Gasteiger partial charge in [-0.15, -0.1) is 0 Å². The standard InChI is InChI=1S/C20H23N3O3/c1-13(2)17-11-16(22-26-17)19(25)23-10-9-20(12-23)8-7-14-5-3-4-6-15(14)18(24)21-20/h3-6,11,13H,7-10,12H2,1-2H3,(H,21,24)/t20-/m1/s1. The summed E-state index contributed by atoms with van der Waals surface area (Å²) in [7, 11) is 0. The quantitative estimate of drug-likeness (QED) is 0.901. The summed E-state index contributed by atoms with van der Waals surface area (Å²) in [5.41, 5.74) is 1.79. The fraction of sp³-hybridized carbons (Fsp3) is 0.450. The summed E-state index contributed by atoms with van der Waals surface area (Å²) >= 11 is 0. The zero-order valence-electron chi connectivity index (χ0n) is 15.1. The van der Waals surface area contributed by atoms with Gasteiger partial charge in [0.05, 0.1) is 5.54 Å². The van der Waals surface area contributed by atoms with E-state index in [0.29, 0.717) is 24.5 Å². The zero-order valence-corrected chi connectivity index (χ0v) is 15.1. The Morgan fingerprint density at radius 2 is 2.12 bits per heavy atom. The van der Waals surface area contributed by atoms with Crippen molar-refractivity contribution in [2.45, 2.75) is 44.6 Å². The second-order valence-corrected chi connectivity index (χ2v) is 7.64. The topological polar surface area (TPSA) is 75.4 Å². The molecule has 6 heteroatoms. The van der Waals surface area contributed by atoms with E-state index in [1.54, 1.807) is 11.0 Å². The number of carbonyl (C=O) groups is 2. The van der Waals surface area contributed by atoms with E-state index in [2.05, 4.69) is 10.5 Å². The molecule has 0 aliphatic carbocycles. The molecule has 2 aliphatic rings. The molecule has 136 valence electrons. The lowest BCUT2D eigenvalue weighted by atomic mass is 9.91. The fourth-order valence-corrected chi connectivity index (χ4v) is 3.88. The summed E-state index contributed by atoms with van der Waals surface area (Å²) in [6.45, 7) is 5.12. The molecule has 4 rings (SSSR count). The third-order valence-electron chi connectivity index (χ3n) is 5.47. The lowest BCUT2D eigenvalue weighted by molar-refractivity contribution is 0.0755. The predicted molar refractivity (Wildman–Crippen MR) is 96.1 cm³/mol. The molecule has 1 aromatic carbocycles. The van der Waals surface area contributed by atoms with E-state index in [-0.39, 0.29) is 23.3 Å². The van der Waals surface area contributed by atoms with E-state index in [1.807, 2.05) is 38.1 Å². The number of aryl methyl sites for hydroxylation is 1. The molecule has 1 fully saturated rings. The molecule has 1 aromatic heterocycles. The van der Waals surface area contributed by atoms with Crippen molar-refractivity contribution < 1.29 is 14.1 Å². The Labute approximate surface area is 152 Å². The van der Waals surface area contributed by atoms with E-state index >= 15 is 0 Å². The number of nitrogens with zero attached hydrogens (tertiary/aromatic N) is 2.